The monoisotopic (exact) mass is 278 g/mol. The second-order valence-corrected chi connectivity index (χ2v) is 6.26. The van der Waals surface area contributed by atoms with Gasteiger partial charge in [0.1, 0.15) is 0 Å². The molecule has 0 aliphatic heterocycles. The van der Waals surface area contributed by atoms with Gasteiger partial charge >= 0.3 is 0 Å². The van der Waals surface area contributed by atoms with Crippen molar-refractivity contribution >= 4 is 23.4 Å². The first-order valence-electron chi connectivity index (χ1n) is 6.84. The van der Waals surface area contributed by atoms with E-state index in [0.717, 1.165) is 31.4 Å². The van der Waals surface area contributed by atoms with Crippen LogP contribution in [0.15, 0.2) is 29.2 Å². The third kappa shape index (κ3) is 4.25. The minimum absolute atomic E-state index is 0.0290. The molecular formula is C15H22N2OS. The summed E-state index contributed by atoms with van der Waals surface area (Å²) in [5.74, 6) is 0.0290. The maximum absolute atomic E-state index is 12.0. The molecular weight excluding hydrogens is 256 g/mol. The number of hydrogen-bond donors (Lipinski definition) is 2. The van der Waals surface area contributed by atoms with Crippen molar-refractivity contribution < 1.29 is 4.79 Å². The van der Waals surface area contributed by atoms with Gasteiger partial charge in [-0.25, -0.2) is 0 Å². The fourth-order valence-corrected chi connectivity index (χ4v) is 3.04. The van der Waals surface area contributed by atoms with E-state index < -0.39 is 0 Å². The lowest BCUT2D eigenvalue weighted by Gasteiger charge is -2.32. The van der Waals surface area contributed by atoms with Crippen molar-refractivity contribution in [3.63, 3.8) is 0 Å². The predicted molar refractivity (Wildman–Crippen MR) is 81.5 cm³/mol. The maximum atomic E-state index is 12.0. The number of carbonyl (C=O) groups is 1. The molecule has 2 rings (SSSR count). The summed E-state index contributed by atoms with van der Waals surface area (Å²) in [4.78, 5) is 13.2. The number of nitrogens with two attached hydrogens (primary N) is 1. The van der Waals surface area contributed by atoms with E-state index in [2.05, 4.69) is 5.32 Å². The Hall–Kier alpha value is -1.00. The number of benzene rings is 1. The standard InChI is InChI=1S/C15H22N2OS/c1-19-13-7-5-12(6-8-13)17-14(18)11-15(16)9-3-2-4-10-15/h5-8H,2-4,9-11,16H2,1H3,(H,17,18). The zero-order chi connectivity index (χ0) is 13.7. The van der Waals surface area contributed by atoms with Crippen LogP contribution in [-0.2, 0) is 4.79 Å². The molecule has 19 heavy (non-hydrogen) atoms. The fraction of sp³-hybridized carbons (Fsp3) is 0.533. The Labute approximate surface area is 119 Å². The summed E-state index contributed by atoms with van der Waals surface area (Å²) in [6.07, 6.45) is 7.93. The number of thioether (sulfide) groups is 1. The molecule has 1 aromatic rings. The van der Waals surface area contributed by atoms with Gasteiger partial charge in [-0.2, -0.15) is 0 Å². The molecule has 0 aromatic heterocycles. The molecule has 0 unspecified atom stereocenters. The van der Waals surface area contributed by atoms with E-state index in [9.17, 15) is 4.79 Å². The first-order chi connectivity index (χ1) is 9.11. The van der Waals surface area contributed by atoms with Gasteiger partial charge in [0, 0.05) is 22.5 Å². The van der Waals surface area contributed by atoms with Crippen LogP contribution in [-0.4, -0.2) is 17.7 Å². The molecule has 1 aliphatic carbocycles. The second kappa shape index (κ2) is 6.44. The van der Waals surface area contributed by atoms with Gasteiger partial charge in [-0.15, -0.1) is 11.8 Å². The largest absolute Gasteiger partial charge is 0.326 e. The van der Waals surface area contributed by atoms with E-state index in [1.54, 1.807) is 11.8 Å². The van der Waals surface area contributed by atoms with E-state index >= 15 is 0 Å². The Balaban J connectivity index is 1.89. The zero-order valence-corrected chi connectivity index (χ0v) is 12.3. The number of carbonyl (C=O) groups excluding carboxylic acids is 1. The molecule has 0 saturated heterocycles. The van der Waals surface area contributed by atoms with E-state index in [-0.39, 0.29) is 11.4 Å². The summed E-state index contributed by atoms with van der Waals surface area (Å²) >= 11 is 1.69. The number of amides is 1. The Morgan fingerprint density at radius 1 is 1.26 bits per heavy atom. The van der Waals surface area contributed by atoms with Gasteiger partial charge < -0.3 is 11.1 Å². The predicted octanol–water partition coefficient (Wildman–Crippen LogP) is 3.40. The highest BCUT2D eigenvalue weighted by Crippen LogP contribution is 2.29. The van der Waals surface area contributed by atoms with Gasteiger partial charge in [0.05, 0.1) is 0 Å². The second-order valence-electron chi connectivity index (χ2n) is 5.38. The van der Waals surface area contributed by atoms with Crippen LogP contribution in [0.1, 0.15) is 38.5 Å². The number of nitrogens with one attached hydrogen (secondary N) is 1. The van der Waals surface area contributed by atoms with Crippen LogP contribution in [0.4, 0.5) is 5.69 Å². The minimum atomic E-state index is -0.290. The Kier molecular flexibility index (Phi) is 4.88. The summed E-state index contributed by atoms with van der Waals surface area (Å²) in [6, 6.07) is 7.90. The molecule has 1 amide bonds. The molecule has 1 saturated carbocycles. The van der Waals surface area contributed by atoms with E-state index in [0.29, 0.717) is 6.42 Å². The SMILES string of the molecule is CSc1ccc(NC(=O)CC2(N)CCCCC2)cc1. The van der Waals surface area contributed by atoms with E-state index in [1.165, 1.54) is 11.3 Å². The molecule has 104 valence electrons. The van der Waals surface area contributed by atoms with Crippen LogP contribution in [0, 0.1) is 0 Å². The zero-order valence-electron chi connectivity index (χ0n) is 11.4. The van der Waals surface area contributed by atoms with Crippen molar-refractivity contribution in [3.05, 3.63) is 24.3 Å². The van der Waals surface area contributed by atoms with Crippen molar-refractivity contribution in [1.82, 2.24) is 0 Å². The van der Waals surface area contributed by atoms with E-state index in [1.807, 2.05) is 30.5 Å². The lowest BCUT2D eigenvalue weighted by molar-refractivity contribution is -0.117. The Morgan fingerprint density at radius 2 is 1.89 bits per heavy atom. The molecule has 3 nitrogen and oxygen atoms in total. The third-order valence-electron chi connectivity index (χ3n) is 3.74. The van der Waals surface area contributed by atoms with Crippen LogP contribution in [0.5, 0.6) is 0 Å². The molecule has 3 N–H and O–H groups in total. The summed E-state index contributed by atoms with van der Waals surface area (Å²) in [7, 11) is 0. The summed E-state index contributed by atoms with van der Waals surface area (Å²) in [5, 5.41) is 2.94. The first-order valence-corrected chi connectivity index (χ1v) is 8.07. The maximum Gasteiger partial charge on any atom is 0.226 e. The van der Waals surface area contributed by atoms with E-state index in [4.69, 9.17) is 5.73 Å². The molecule has 0 heterocycles. The molecule has 4 heteroatoms. The van der Waals surface area contributed by atoms with Crippen molar-refractivity contribution in [2.24, 2.45) is 5.73 Å². The summed E-state index contributed by atoms with van der Waals surface area (Å²) in [5.41, 5.74) is 6.85. The highest BCUT2D eigenvalue weighted by atomic mass is 32.2. The molecule has 0 atom stereocenters. The van der Waals surface area contributed by atoms with Crippen LogP contribution in [0.3, 0.4) is 0 Å². The van der Waals surface area contributed by atoms with Crippen molar-refractivity contribution in [1.29, 1.82) is 0 Å². The molecule has 0 spiro atoms. The smallest absolute Gasteiger partial charge is 0.226 e. The van der Waals surface area contributed by atoms with Crippen molar-refractivity contribution in [2.45, 2.75) is 49.0 Å². The Morgan fingerprint density at radius 3 is 2.47 bits per heavy atom. The number of rotatable bonds is 4. The first kappa shape index (κ1) is 14.4. The highest BCUT2D eigenvalue weighted by Gasteiger charge is 2.29. The number of anilines is 1. The summed E-state index contributed by atoms with van der Waals surface area (Å²) < 4.78 is 0. The van der Waals surface area contributed by atoms with Gasteiger partial charge in [-0.1, -0.05) is 19.3 Å². The highest BCUT2D eigenvalue weighted by molar-refractivity contribution is 7.98. The van der Waals surface area contributed by atoms with Gasteiger partial charge in [-0.3, -0.25) is 4.79 Å². The average molecular weight is 278 g/mol. The average Bonchev–Trinajstić information content (AvgIpc) is 2.39. The van der Waals surface area contributed by atoms with Gasteiger partial charge in [-0.05, 0) is 43.4 Å². The quantitative estimate of drug-likeness (QED) is 0.830. The van der Waals surface area contributed by atoms with Crippen LogP contribution >= 0.6 is 11.8 Å². The fourth-order valence-electron chi connectivity index (χ4n) is 2.63. The lowest BCUT2D eigenvalue weighted by atomic mass is 9.80. The summed E-state index contributed by atoms with van der Waals surface area (Å²) in [6.45, 7) is 0. The minimum Gasteiger partial charge on any atom is -0.326 e. The van der Waals surface area contributed by atoms with Crippen LogP contribution in [0.2, 0.25) is 0 Å². The molecule has 1 fully saturated rings. The lowest BCUT2D eigenvalue weighted by Crippen LogP contribution is -2.44. The van der Waals surface area contributed by atoms with Crippen LogP contribution < -0.4 is 11.1 Å². The third-order valence-corrected chi connectivity index (χ3v) is 4.48. The van der Waals surface area contributed by atoms with Gasteiger partial charge in [0.2, 0.25) is 5.91 Å². The van der Waals surface area contributed by atoms with Crippen LogP contribution in [0.25, 0.3) is 0 Å². The topological polar surface area (TPSA) is 55.1 Å². The molecule has 0 radical (unpaired) electrons. The Bertz CT molecular complexity index is 424. The van der Waals surface area contributed by atoms with Gasteiger partial charge in [0.15, 0.2) is 0 Å². The molecule has 1 aromatic carbocycles. The number of hydrogen-bond acceptors (Lipinski definition) is 3. The van der Waals surface area contributed by atoms with Crippen molar-refractivity contribution in [2.75, 3.05) is 11.6 Å². The van der Waals surface area contributed by atoms with Crippen molar-refractivity contribution in [3.8, 4) is 0 Å². The normalized spacial score (nSPS) is 18.0. The van der Waals surface area contributed by atoms with Gasteiger partial charge in [0.25, 0.3) is 0 Å². The molecule has 0 bridgehead atoms. The molecule has 1 aliphatic rings.